The predicted octanol–water partition coefficient (Wildman–Crippen LogP) is 1.74. The van der Waals surface area contributed by atoms with E-state index in [4.69, 9.17) is 4.74 Å². The number of rotatable bonds is 3. The van der Waals surface area contributed by atoms with Gasteiger partial charge in [-0.25, -0.2) is 4.98 Å². The van der Waals surface area contributed by atoms with E-state index in [9.17, 15) is 4.79 Å². The fourth-order valence-corrected chi connectivity index (χ4v) is 2.61. The van der Waals surface area contributed by atoms with Crippen LogP contribution in [0.3, 0.4) is 0 Å². The summed E-state index contributed by atoms with van der Waals surface area (Å²) in [5.41, 5.74) is 1.98. The van der Waals surface area contributed by atoms with Crippen molar-refractivity contribution in [3.05, 3.63) is 36.2 Å². The summed E-state index contributed by atoms with van der Waals surface area (Å²) in [5, 5.41) is 0. The number of likely N-dealkylation sites (tertiary alicyclic amines) is 1. The molecule has 0 bridgehead atoms. The molecule has 0 aliphatic carbocycles. The number of methoxy groups -OCH3 is 1. The Morgan fingerprint density at radius 3 is 3.00 bits per heavy atom. The molecule has 20 heavy (non-hydrogen) atoms. The number of carbonyl (C=O) groups excluding carboxylic acids is 1. The molecular formula is C15H17N3O2. The van der Waals surface area contributed by atoms with Crippen LogP contribution in [0.4, 0.5) is 0 Å². The van der Waals surface area contributed by atoms with Crippen molar-refractivity contribution in [3.63, 3.8) is 0 Å². The van der Waals surface area contributed by atoms with Crippen LogP contribution in [0.5, 0.6) is 0 Å². The van der Waals surface area contributed by atoms with Gasteiger partial charge in [-0.15, -0.1) is 0 Å². The van der Waals surface area contributed by atoms with Crippen molar-refractivity contribution in [2.45, 2.75) is 6.42 Å². The SMILES string of the molecule is COC[C@H]1CCN(C(=O)c2cnc3ccccc3n2)C1. The van der Waals surface area contributed by atoms with Gasteiger partial charge in [0.25, 0.3) is 5.91 Å². The highest BCUT2D eigenvalue weighted by Crippen LogP contribution is 2.19. The van der Waals surface area contributed by atoms with Crippen LogP contribution >= 0.6 is 0 Å². The predicted molar refractivity (Wildman–Crippen MR) is 75.4 cm³/mol. The van der Waals surface area contributed by atoms with Crippen molar-refractivity contribution in [1.82, 2.24) is 14.9 Å². The molecule has 2 heterocycles. The molecule has 1 aliphatic rings. The van der Waals surface area contributed by atoms with Gasteiger partial charge in [0.1, 0.15) is 5.69 Å². The van der Waals surface area contributed by atoms with Crippen LogP contribution in [0.15, 0.2) is 30.5 Å². The smallest absolute Gasteiger partial charge is 0.274 e. The first-order valence-corrected chi connectivity index (χ1v) is 6.78. The Balaban J connectivity index is 1.79. The second-order valence-corrected chi connectivity index (χ2v) is 5.11. The summed E-state index contributed by atoms with van der Waals surface area (Å²) >= 11 is 0. The van der Waals surface area contributed by atoms with Crippen molar-refractivity contribution in [1.29, 1.82) is 0 Å². The van der Waals surface area contributed by atoms with Crippen LogP contribution in [-0.4, -0.2) is 47.6 Å². The molecule has 1 atom stereocenters. The topological polar surface area (TPSA) is 55.3 Å². The molecule has 0 unspecified atom stereocenters. The summed E-state index contributed by atoms with van der Waals surface area (Å²) in [6.45, 7) is 2.20. The molecule has 1 fully saturated rings. The van der Waals surface area contributed by atoms with Crippen LogP contribution in [0.1, 0.15) is 16.9 Å². The number of carbonyl (C=O) groups is 1. The third kappa shape index (κ3) is 2.49. The molecule has 5 nitrogen and oxygen atoms in total. The summed E-state index contributed by atoms with van der Waals surface area (Å²) < 4.78 is 5.15. The first kappa shape index (κ1) is 13.0. The van der Waals surface area contributed by atoms with E-state index in [1.54, 1.807) is 13.3 Å². The summed E-state index contributed by atoms with van der Waals surface area (Å²) in [6.07, 6.45) is 2.55. The molecule has 3 rings (SSSR count). The average Bonchev–Trinajstić information content (AvgIpc) is 2.95. The van der Waals surface area contributed by atoms with Crippen molar-refractivity contribution < 1.29 is 9.53 Å². The molecule has 0 saturated carbocycles. The van der Waals surface area contributed by atoms with Crippen LogP contribution in [0.25, 0.3) is 11.0 Å². The van der Waals surface area contributed by atoms with Crippen molar-refractivity contribution >= 4 is 16.9 Å². The Labute approximate surface area is 117 Å². The second-order valence-electron chi connectivity index (χ2n) is 5.11. The molecule has 104 valence electrons. The average molecular weight is 271 g/mol. The summed E-state index contributed by atoms with van der Waals surface area (Å²) in [6, 6.07) is 7.57. The normalized spacial score (nSPS) is 18.6. The summed E-state index contributed by atoms with van der Waals surface area (Å²) in [5.74, 6) is 0.388. The number of amides is 1. The van der Waals surface area contributed by atoms with Crippen LogP contribution in [0, 0.1) is 5.92 Å². The molecule has 2 aromatic rings. The second kappa shape index (κ2) is 5.54. The monoisotopic (exact) mass is 271 g/mol. The third-order valence-corrected chi connectivity index (χ3v) is 3.64. The summed E-state index contributed by atoms with van der Waals surface area (Å²) in [4.78, 5) is 23.0. The van der Waals surface area contributed by atoms with Gasteiger partial charge in [0.05, 0.1) is 23.8 Å². The number of benzene rings is 1. The third-order valence-electron chi connectivity index (χ3n) is 3.64. The van der Waals surface area contributed by atoms with Gasteiger partial charge in [0.15, 0.2) is 0 Å². The van der Waals surface area contributed by atoms with Crippen molar-refractivity contribution in [2.75, 3.05) is 26.8 Å². The lowest BCUT2D eigenvalue weighted by Crippen LogP contribution is -2.30. The Morgan fingerprint density at radius 2 is 2.20 bits per heavy atom. The largest absolute Gasteiger partial charge is 0.384 e. The van der Waals surface area contributed by atoms with Crippen LogP contribution < -0.4 is 0 Å². The van der Waals surface area contributed by atoms with Crippen LogP contribution in [0.2, 0.25) is 0 Å². The quantitative estimate of drug-likeness (QED) is 0.853. The van der Waals surface area contributed by atoms with E-state index in [2.05, 4.69) is 9.97 Å². The lowest BCUT2D eigenvalue weighted by Gasteiger charge is -2.15. The minimum absolute atomic E-state index is 0.0399. The minimum atomic E-state index is -0.0399. The van der Waals surface area contributed by atoms with E-state index < -0.39 is 0 Å². The van der Waals surface area contributed by atoms with Gasteiger partial charge < -0.3 is 9.64 Å². The number of nitrogens with zero attached hydrogens (tertiary/aromatic N) is 3. The van der Waals surface area contributed by atoms with E-state index >= 15 is 0 Å². The van der Waals surface area contributed by atoms with Gasteiger partial charge in [0.2, 0.25) is 0 Å². The van der Waals surface area contributed by atoms with Gasteiger partial charge in [-0.1, -0.05) is 12.1 Å². The highest BCUT2D eigenvalue weighted by atomic mass is 16.5. The highest BCUT2D eigenvalue weighted by molar-refractivity contribution is 5.93. The Kier molecular flexibility index (Phi) is 3.60. The van der Waals surface area contributed by atoms with Crippen LogP contribution in [-0.2, 0) is 4.74 Å². The van der Waals surface area contributed by atoms with Gasteiger partial charge in [-0.3, -0.25) is 9.78 Å². The maximum atomic E-state index is 12.4. The highest BCUT2D eigenvalue weighted by Gasteiger charge is 2.27. The number of hydrogen-bond donors (Lipinski definition) is 0. The molecule has 5 heteroatoms. The fourth-order valence-electron chi connectivity index (χ4n) is 2.61. The Hall–Kier alpha value is -2.01. The summed E-state index contributed by atoms with van der Waals surface area (Å²) in [7, 11) is 1.69. The molecule has 0 N–H and O–H groups in total. The zero-order valence-corrected chi connectivity index (χ0v) is 11.5. The zero-order valence-electron chi connectivity index (χ0n) is 11.5. The van der Waals surface area contributed by atoms with Gasteiger partial charge in [-0.2, -0.15) is 0 Å². The standard InChI is InChI=1S/C15H17N3O2/c1-20-10-11-6-7-18(9-11)15(19)14-8-16-12-4-2-3-5-13(12)17-14/h2-5,8,11H,6-7,9-10H2,1H3/t11-/m0/s1. The van der Waals surface area contributed by atoms with Gasteiger partial charge in [-0.05, 0) is 18.6 Å². The number of aromatic nitrogens is 2. The lowest BCUT2D eigenvalue weighted by molar-refractivity contribution is 0.0769. The molecule has 1 saturated heterocycles. The van der Waals surface area contributed by atoms with Crippen molar-refractivity contribution in [3.8, 4) is 0 Å². The first-order valence-electron chi connectivity index (χ1n) is 6.78. The Morgan fingerprint density at radius 1 is 1.40 bits per heavy atom. The molecule has 1 amide bonds. The first-order chi connectivity index (χ1) is 9.78. The van der Waals surface area contributed by atoms with Gasteiger partial charge in [0, 0.05) is 26.1 Å². The number of hydrogen-bond acceptors (Lipinski definition) is 4. The maximum absolute atomic E-state index is 12.4. The molecule has 1 aromatic heterocycles. The maximum Gasteiger partial charge on any atom is 0.274 e. The van der Waals surface area contributed by atoms with E-state index in [1.165, 1.54) is 0 Å². The van der Waals surface area contributed by atoms with E-state index in [1.807, 2.05) is 29.2 Å². The zero-order chi connectivity index (χ0) is 13.9. The van der Waals surface area contributed by atoms with Gasteiger partial charge >= 0.3 is 0 Å². The minimum Gasteiger partial charge on any atom is -0.384 e. The molecule has 1 aliphatic heterocycles. The Bertz CT molecular complexity index is 629. The van der Waals surface area contributed by atoms with Crippen molar-refractivity contribution in [2.24, 2.45) is 5.92 Å². The lowest BCUT2D eigenvalue weighted by atomic mass is 10.1. The van der Waals surface area contributed by atoms with E-state index in [0.717, 1.165) is 30.5 Å². The number of para-hydroxylation sites is 2. The molecule has 0 radical (unpaired) electrons. The number of ether oxygens (including phenoxy) is 1. The fraction of sp³-hybridized carbons (Fsp3) is 0.400. The molecular weight excluding hydrogens is 254 g/mol. The van der Waals surface area contributed by atoms with E-state index in [-0.39, 0.29) is 5.91 Å². The van der Waals surface area contributed by atoms with E-state index in [0.29, 0.717) is 18.2 Å². The number of fused-ring (bicyclic) bond motifs is 1. The molecule has 1 aromatic carbocycles. The molecule has 0 spiro atoms.